The quantitative estimate of drug-likeness (QED) is 0.799. The van der Waals surface area contributed by atoms with Crippen LogP contribution < -0.4 is 0 Å². The molecule has 1 amide bonds. The zero-order chi connectivity index (χ0) is 13.8. The molecule has 0 atom stereocenters. The summed E-state index contributed by atoms with van der Waals surface area (Å²) >= 11 is 3.44. The number of halogens is 1. The van der Waals surface area contributed by atoms with E-state index in [0.29, 0.717) is 13.2 Å². The standard InChI is InChI=1S/C15H18BrNO2/c1-11-7-13(9-14(16)8-11)15(18)17-5-3-12(4-6-17)10-19-2/h3,7-9H,4-6,10H2,1-2H3. The maximum atomic E-state index is 12.4. The van der Waals surface area contributed by atoms with Crippen LogP contribution in [-0.2, 0) is 4.74 Å². The average Bonchev–Trinajstić information content (AvgIpc) is 2.38. The Bertz CT molecular complexity index is 491. The summed E-state index contributed by atoms with van der Waals surface area (Å²) in [6.45, 7) is 4.09. The first-order valence-corrected chi connectivity index (χ1v) is 7.13. The largest absolute Gasteiger partial charge is 0.380 e. The van der Waals surface area contributed by atoms with Gasteiger partial charge in [-0.2, -0.15) is 0 Å². The number of methoxy groups -OCH3 is 1. The molecular weight excluding hydrogens is 306 g/mol. The van der Waals surface area contributed by atoms with E-state index in [-0.39, 0.29) is 5.91 Å². The zero-order valence-corrected chi connectivity index (χ0v) is 12.9. The van der Waals surface area contributed by atoms with Gasteiger partial charge in [0, 0.05) is 30.2 Å². The molecular formula is C15H18BrNO2. The fourth-order valence-electron chi connectivity index (χ4n) is 2.25. The molecule has 3 nitrogen and oxygen atoms in total. The van der Waals surface area contributed by atoms with E-state index in [1.807, 2.05) is 30.0 Å². The normalized spacial score (nSPS) is 15.3. The van der Waals surface area contributed by atoms with Crippen molar-refractivity contribution >= 4 is 21.8 Å². The number of rotatable bonds is 3. The van der Waals surface area contributed by atoms with Crippen LogP contribution in [0.3, 0.4) is 0 Å². The summed E-state index contributed by atoms with van der Waals surface area (Å²) in [6, 6.07) is 5.81. The van der Waals surface area contributed by atoms with Crippen LogP contribution in [-0.4, -0.2) is 37.6 Å². The van der Waals surface area contributed by atoms with Crippen molar-refractivity contribution in [2.24, 2.45) is 0 Å². The van der Waals surface area contributed by atoms with Gasteiger partial charge in [-0.1, -0.05) is 22.0 Å². The molecule has 102 valence electrons. The van der Waals surface area contributed by atoms with Gasteiger partial charge in [-0.25, -0.2) is 0 Å². The number of carbonyl (C=O) groups is 1. The highest BCUT2D eigenvalue weighted by atomic mass is 79.9. The van der Waals surface area contributed by atoms with Crippen LogP contribution in [0.5, 0.6) is 0 Å². The van der Waals surface area contributed by atoms with Crippen LogP contribution in [0.25, 0.3) is 0 Å². The Balaban J connectivity index is 2.09. The van der Waals surface area contributed by atoms with Crippen molar-refractivity contribution in [3.63, 3.8) is 0 Å². The molecule has 0 unspecified atom stereocenters. The summed E-state index contributed by atoms with van der Waals surface area (Å²) in [5, 5.41) is 0. The summed E-state index contributed by atoms with van der Waals surface area (Å²) in [4.78, 5) is 14.3. The molecule has 0 saturated heterocycles. The number of nitrogens with zero attached hydrogens (tertiary/aromatic N) is 1. The van der Waals surface area contributed by atoms with Crippen LogP contribution in [0.15, 0.2) is 34.3 Å². The fourth-order valence-corrected chi connectivity index (χ4v) is 2.86. The molecule has 1 heterocycles. The van der Waals surface area contributed by atoms with Gasteiger partial charge in [0.25, 0.3) is 5.91 Å². The first-order chi connectivity index (χ1) is 9.10. The number of benzene rings is 1. The molecule has 19 heavy (non-hydrogen) atoms. The van der Waals surface area contributed by atoms with Gasteiger partial charge in [0.05, 0.1) is 6.61 Å². The molecule has 0 radical (unpaired) electrons. The Hall–Kier alpha value is -1.13. The second-order valence-electron chi connectivity index (χ2n) is 4.81. The van der Waals surface area contributed by atoms with Crippen molar-refractivity contribution in [3.8, 4) is 0 Å². The Morgan fingerprint density at radius 1 is 1.42 bits per heavy atom. The number of amides is 1. The van der Waals surface area contributed by atoms with Gasteiger partial charge in [-0.3, -0.25) is 4.79 Å². The molecule has 0 aromatic heterocycles. The number of hydrogen-bond donors (Lipinski definition) is 0. The minimum atomic E-state index is 0.0946. The summed E-state index contributed by atoms with van der Waals surface area (Å²) in [5.74, 6) is 0.0946. The molecule has 0 spiro atoms. The summed E-state index contributed by atoms with van der Waals surface area (Å²) in [7, 11) is 1.70. The van der Waals surface area contributed by atoms with Crippen molar-refractivity contribution in [1.29, 1.82) is 0 Å². The highest BCUT2D eigenvalue weighted by Gasteiger charge is 2.19. The summed E-state index contributed by atoms with van der Waals surface area (Å²) in [5.41, 5.74) is 3.11. The molecule has 2 rings (SSSR count). The third kappa shape index (κ3) is 3.67. The average molecular weight is 324 g/mol. The summed E-state index contributed by atoms with van der Waals surface area (Å²) in [6.07, 6.45) is 2.99. The molecule has 0 bridgehead atoms. The molecule has 1 aromatic carbocycles. The number of carbonyl (C=O) groups excluding carboxylic acids is 1. The lowest BCUT2D eigenvalue weighted by Crippen LogP contribution is -2.35. The number of ether oxygens (including phenoxy) is 1. The van der Waals surface area contributed by atoms with Crippen LogP contribution in [0.4, 0.5) is 0 Å². The Morgan fingerprint density at radius 2 is 2.21 bits per heavy atom. The fraction of sp³-hybridized carbons (Fsp3) is 0.400. The maximum Gasteiger partial charge on any atom is 0.254 e. The van der Waals surface area contributed by atoms with Crippen molar-refractivity contribution in [3.05, 3.63) is 45.4 Å². The van der Waals surface area contributed by atoms with E-state index in [1.54, 1.807) is 7.11 Å². The van der Waals surface area contributed by atoms with Crippen LogP contribution in [0.1, 0.15) is 22.3 Å². The Morgan fingerprint density at radius 3 is 2.79 bits per heavy atom. The van der Waals surface area contributed by atoms with Crippen LogP contribution in [0, 0.1) is 6.92 Å². The Labute approximate surface area is 122 Å². The molecule has 1 aromatic rings. The van der Waals surface area contributed by atoms with Crippen molar-refractivity contribution < 1.29 is 9.53 Å². The van der Waals surface area contributed by atoms with Gasteiger partial charge >= 0.3 is 0 Å². The topological polar surface area (TPSA) is 29.5 Å². The van der Waals surface area contributed by atoms with Gasteiger partial charge in [0.1, 0.15) is 0 Å². The van der Waals surface area contributed by atoms with E-state index in [9.17, 15) is 4.79 Å². The highest BCUT2D eigenvalue weighted by Crippen LogP contribution is 2.19. The van der Waals surface area contributed by atoms with E-state index < -0.39 is 0 Å². The lowest BCUT2D eigenvalue weighted by molar-refractivity contribution is 0.0764. The molecule has 0 fully saturated rings. The summed E-state index contributed by atoms with van der Waals surface area (Å²) < 4.78 is 6.06. The second-order valence-corrected chi connectivity index (χ2v) is 5.73. The molecule has 1 aliphatic heterocycles. The third-order valence-electron chi connectivity index (χ3n) is 3.21. The minimum Gasteiger partial charge on any atom is -0.380 e. The first kappa shape index (κ1) is 14.3. The SMILES string of the molecule is COCC1=CCN(C(=O)c2cc(C)cc(Br)c2)CC1. The molecule has 0 aliphatic carbocycles. The number of hydrogen-bond acceptors (Lipinski definition) is 2. The lowest BCUT2D eigenvalue weighted by atomic mass is 10.1. The van der Waals surface area contributed by atoms with Gasteiger partial charge < -0.3 is 9.64 Å². The van der Waals surface area contributed by atoms with Gasteiger partial charge in [0.2, 0.25) is 0 Å². The van der Waals surface area contributed by atoms with E-state index in [1.165, 1.54) is 5.57 Å². The molecule has 0 saturated carbocycles. The van der Waals surface area contributed by atoms with Gasteiger partial charge in [-0.15, -0.1) is 0 Å². The predicted molar refractivity (Wildman–Crippen MR) is 79.4 cm³/mol. The third-order valence-corrected chi connectivity index (χ3v) is 3.67. The first-order valence-electron chi connectivity index (χ1n) is 6.33. The van der Waals surface area contributed by atoms with Crippen molar-refractivity contribution in [1.82, 2.24) is 4.90 Å². The van der Waals surface area contributed by atoms with E-state index >= 15 is 0 Å². The monoisotopic (exact) mass is 323 g/mol. The molecule has 0 N–H and O–H groups in total. The maximum absolute atomic E-state index is 12.4. The predicted octanol–water partition coefficient (Wildman–Crippen LogP) is 3.18. The van der Waals surface area contributed by atoms with Crippen molar-refractivity contribution in [2.75, 3.05) is 26.8 Å². The minimum absolute atomic E-state index is 0.0946. The second kappa shape index (κ2) is 6.35. The Kier molecular flexibility index (Phi) is 4.77. The van der Waals surface area contributed by atoms with Crippen molar-refractivity contribution in [2.45, 2.75) is 13.3 Å². The number of aryl methyl sites for hydroxylation is 1. The van der Waals surface area contributed by atoms with E-state index in [0.717, 1.165) is 28.6 Å². The molecule has 1 aliphatic rings. The van der Waals surface area contributed by atoms with Crippen LogP contribution in [0.2, 0.25) is 0 Å². The lowest BCUT2D eigenvalue weighted by Gasteiger charge is -2.26. The van der Waals surface area contributed by atoms with Gasteiger partial charge in [-0.05, 0) is 42.7 Å². The van der Waals surface area contributed by atoms with E-state index in [4.69, 9.17) is 4.74 Å². The van der Waals surface area contributed by atoms with Gasteiger partial charge in [0.15, 0.2) is 0 Å². The zero-order valence-electron chi connectivity index (χ0n) is 11.3. The smallest absolute Gasteiger partial charge is 0.254 e. The highest BCUT2D eigenvalue weighted by molar-refractivity contribution is 9.10. The van der Waals surface area contributed by atoms with Crippen LogP contribution >= 0.6 is 15.9 Å². The molecule has 4 heteroatoms. The van der Waals surface area contributed by atoms with E-state index in [2.05, 4.69) is 22.0 Å².